The Morgan fingerprint density at radius 2 is 0.909 bits per heavy atom. The van der Waals surface area contributed by atoms with Crippen molar-refractivity contribution in [3.8, 4) is 23.0 Å². The molecule has 7 heteroatoms. The van der Waals surface area contributed by atoms with E-state index in [1.165, 1.54) is 11.1 Å². The first kappa shape index (κ1) is 41.5. The zero-order chi connectivity index (χ0) is 40.7. The van der Waals surface area contributed by atoms with Crippen LogP contribution in [0.2, 0.25) is 0 Å². The lowest BCUT2D eigenvalue weighted by Crippen LogP contribution is -2.17. The molecule has 0 saturated heterocycles. The summed E-state index contributed by atoms with van der Waals surface area (Å²) < 4.78 is 22.6. The summed E-state index contributed by atoms with van der Waals surface area (Å²) in [5, 5.41) is 8.90. The molecule has 294 valence electrons. The summed E-state index contributed by atoms with van der Waals surface area (Å²) in [6.07, 6.45) is 0. The van der Waals surface area contributed by atoms with E-state index in [1.54, 1.807) is 0 Å². The van der Waals surface area contributed by atoms with Crippen LogP contribution in [0, 0.1) is 0 Å². The first-order valence-electron chi connectivity index (χ1n) is 19.4. The fraction of sp³-hybridized carbons (Fsp3) is 0.458. The van der Waals surface area contributed by atoms with Crippen molar-refractivity contribution in [1.82, 2.24) is 0 Å². The molecule has 0 spiro atoms. The summed E-state index contributed by atoms with van der Waals surface area (Å²) in [4.78, 5) is 25.7. The van der Waals surface area contributed by atoms with Crippen LogP contribution >= 0.6 is 0 Å². The minimum Gasteiger partial charge on any atom is -0.494 e. The van der Waals surface area contributed by atoms with Gasteiger partial charge < -0.3 is 24.1 Å². The number of hydrogen-bond donors (Lipinski definition) is 1. The molecule has 0 radical (unpaired) electrons. The molecule has 2 aliphatic heterocycles. The van der Waals surface area contributed by atoms with Gasteiger partial charge in [0.1, 0.15) is 41.4 Å². The number of hydrogen-bond acceptors (Lipinski definition) is 7. The van der Waals surface area contributed by atoms with Crippen molar-refractivity contribution < 1.29 is 33.6 Å². The van der Waals surface area contributed by atoms with Crippen molar-refractivity contribution in [2.24, 2.45) is 0 Å². The van der Waals surface area contributed by atoms with E-state index in [0.717, 1.165) is 44.9 Å². The van der Waals surface area contributed by atoms with Crippen LogP contribution in [0.3, 0.4) is 0 Å². The molecule has 2 aliphatic rings. The van der Waals surface area contributed by atoms with Gasteiger partial charge in [0, 0.05) is 22.3 Å². The normalized spacial score (nSPS) is 16.8. The maximum atomic E-state index is 12.8. The fourth-order valence-electron chi connectivity index (χ4n) is 6.99. The summed E-state index contributed by atoms with van der Waals surface area (Å²) in [6.45, 7) is 28.8. The van der Waals surface area contributed by atoms with Crippen molar-refractivity contribution >= 4 is 11.9 Å². The summed E-state index contributed by atoms with van der Waals surface area (Å²) in [6, 6.07) is 23.9. The highest BCUT2D eigenvalue weighted by Gasteiger charge is 2.41. The predicted molar refractivity (Wildman–Crippen MR) is 219 cm³/mol. The van der Waals surface area contributed by atoms with Gasteiger partial charge in [-0.05, 0) is 75.1 Å². The average Bonchev–Trinajstić information content (AvgIpc) is 3.60. The lowest BCUT2D eigenvalue weighted by Gasteiger charge is -2.27. The fourth-order valence-corrected chi connectivity index (χ4v) is 6.99. The van der Waals surface area contributed by atoms with Gasteiger partial charge in [-0.15, -0.1) is 0 Å². The molecule has 4 aromatic rings. The number of carbonyl (C=O) groups is 2. The van der Waals surface area contributed by atoms with E-state index >= 15 is 0 Å². The molecule has 6 rings (SSSR count). The van der Waals surface area contributed by atoms with Crippen molar-refractivity contribution in [1.29, 1.82) is 0 Å². The highest BCUT2D eigenvalue weighted by atomic mass is 16.5. The Balaban J connectivity index is 0.000000211. The van der Waals surface area contributed by atoms with Crippen LogP contribution in [-0.2, 0) is 31.2 Å². The Morgan fingerprint density at radius 3 is 1.22 bits per heavy atom. The second kappa shape index (κ2) is 15.5. The van der Waals surface area contributed by atoms with Crippen LogP contribution in [0.4, 0.5) is 0 Å². The SMILES string of the molecule is CC(C)(C)c1cc2c(c(C(C)(C)C)c1)OC(=O)C2c1ccc(OCCO)cc1.CCOc1ccc(C2C(=O)Oc3c2cc(C(C)(C)C)cc3C(C)(C)C)cc1. The van der Waals surface area contributed by atoms with E-state index in [9.17, 15) is 9.59 Å². The topological polar surface area (TPSA) is 91.3 Å². The van der Waals surface area contributed by atoms with Gasteiger partial charge in [-0.2, -0.15) is 0 Å². The molecular weight excluding hydrogens is 689 g/mol. The van der Waals surface area contributed by atoms with E-state index in [0.29, 0.717) is 18.1 Å². The number of esters is 2. The molecule has 0 aromatic heterocycles. The first-order chi connectivity index (χ1) is 25.5. The zero-order valence-electron chi connectivity index (χ0n) is 35.1. The molecule has 55 heavy (non-hydrogen) atoms. The first-order valence-corrected chi connectivity index (χ1v) is 19.4. The Labute approximate surface area is 328 Å². The summed E-state index contributed by atoms with van der Waals surface area (Å²) in [7, 11) is 0. The molecule has 0 fully saturated rings. The monoisotopic (exact) mass is 748 g/mol. The van der Waals surface area contributed by atoms with Crippen LogP contribution in [0.15, 0.2) is 72.8 Å². The Bertz CT molecular complexity index is 2010. The van der Waals surface area contributed by atoms with Gasteiger partial charge in [0.15, 0.2) is 0 Å². The van der Waals surface area contributed by atoms with Gasteiger partial charge in [-0.25, -0.2) is 0 Å². The van der Waals surface area contributed by atoms with Gasteiger partial charge in [0.2, 0.25) is 0 Å². The second-order valence-corrected chi connectivity index (χ2v) is 18.7. The third-order valence-corrected chi connectivity index (χ3v) is 10.2. The van der Waals surface area contributed by atoms with Crippen molar-refractivity contribution in [3.63, 3.8) is 0 Å². The highest BCUT2D eigenvalue weighted by molar-refractivity contribution is 5.91. The van der Waals surface area contributed by atoms with E-state index in [1.807, 2.05) is 55.5 Å². The third-order valence-electron chi connectivity index (χ3n) is 10.2. The third kappa shape index (κ3) is 9.10. The van der Waals surface area contributed by atoms with E-state index in [-0.39, 0.29) is 52.7 Å². The number of rotatable bonds is 7. The molecule has 1 N–H and O–H groups in total. The molecule has 0 amide bonds. The predicted octanol–water partition coefficient (Wildman–Crippen LogP) is 10.4. The largest absolute Gasteiger partial charge is 0.494 e. The second-order valence-electron chi connectivity index (χ2n) is 18.7. The number of fused-ring (bicyclic) bond motifs is 2. The van der Waals surface area contributed by atoms with E-state index < -0.39 is 5.92 Å². The average molecular weight is 749 g/mol. The maximum absolute atomic E-state index is 12.8. The van der Waals surface area contributed by atoms with Crippen molar-refractivity contribution in [3.05, 3.63) is 117 Å². The van der Waals surface area contributed by atoms with Crippen LogP contribution in [0.5, 0.6) is 23.0 Å². The molecule has 0 aliphatic carbocycles. The summed E-state index contributed by atoms with van der Waals surface area (Å²) in [5.74, 6) is 1.65. The highest BCUT2D eigenvalue weighted by Crippen LogP contribution is 2.49. The standard InChI is InChI=1S/C24H30O4.C24H30O3/c1-23(2,3)16-13-18-20(15-7-9-17(10-8-15)27-12-11-25)22(26)28-21(18)19(14-16)24(4,5)6;1-8-26-17-11-9-15(10-12-17)20-18-13-16(23(2,3)4)14-19(24(5,6)7)21(18)27-22(20)25/h7-10,13-14,20,25H,11-12H2,1-6H3;9-14,20H,8H2,1-7H3. The van der Waals surface area contributed by atoms with Gasteiger partial charge in [0.25, 0.3) is 0 Å². The van der Waals surface area contributed by atoms with Gasteiger partial charge in [0.05, 0.1) is 13.2 Å². The van der Waals surface area contributed by atoms with Gasteiger partial charge in [-0.1, -0.05) is 132 Å². The molecular formula is C48H60O7. The van der Waals surface area contributed by atoms with E-state index in [2.05, 4.69) is 107 Å². The van der Waals surface area contributed by atoms with Crippen molar-refractivity contribution in [2.45, 2.75) is 124 Å². The Kier molecular flexibility index (Phi) is 11.7. The lowest BCUT2D eigenvalue weighted by molar-refractivity contribution is -0.134. The van der Waals surface area contributed by atoms with E-state index in [4.69, 9.17) is 24.1 Å². The minimum atomic E-state index is -0.440. The number of benzene rings is 4. The zero-order valence-corrected chi connectivity index (χ0v) is 35.1. The number of aliphatic hydroxyl groups is 1. The molecule has 2 heterocycles. The molecule has 2 unspecified atom stereocenters. The molecule has 4 aromatic carbocycles. The molecule has 0 bridgehead atoms. The lowest BCUT2D eigenvalue weighted by atomic mass is 9.77. The van der Waals surface area contributed by atoms with Crippen LogP contribution < -0.4 is 18.9 Å². The molecule has 7 nitrogen and oxygen atoms in total. The quantitative estimate of drug-likeness (QED) is 0.149. The summed E-state index contributed by atoms with van der Waals surface area (Å²) in [5.41, 5.74) is 8.01. The Hall–Kier alpha value is -4.62. The maximum Gasteiger partial charge on any atom is 0.323 e. The number of ether oxygens (including phenoxy) is 4. The minimum absolute atomic E-state index is 0.00988. The smallest absolute Gasteiger partial charge is 0.323 e. The molecule has 2 atom stereocenters. The number of aliphatic hydroxyl groups excluding tert-OH is 1. The number of carbonyl (C=O) groups excluding carboxylic acids is 2. The van der Waals surface area contributed by atoms with Gasteiger partial charge >= 0.3 is 11.9 Å². The summed E-state index contributed by atoms with van der Waals surface area (Å²) >= 11 is 0. The Morgan fingerprint density at radius 1 is 0.545 bits per heavy atom. The van der Waals surface area contributed by atoms with Crippen LogP contribution in [0.25, 0.3) is 0 Å². The van der Waals surface area contributed by atoms with Crippen LogP contribution in [0.1, 0.15) is 146 Å². The van der Waals surface area contributed by atoms with Crippen molar-refractivity contribution in [2.75, 3.05) is 19.8 Å². The molecule has 0 saturated carbocycles. The van der Waals surface area contributed by atoms with Crippen LogP contribution in [-0.4, -0.2) is 36.9 Å². The van der Waals surface area contributed by atoms with Gasteiger partial charge in [-0.3, -0.25) is 9.59 Å².